The zero-order chi connectivity index (χ0) is 14.3. The summed E-state index contributed by atoms with van der Waals surface area (Å²) in [6.45, 7) is 3.29. The van der Waals surface area contributed by atoms with Gasteiger partial charge in [-0.05, 0) is 31.5 Å². The summed E-state index contributed by atoms with van der Waals surface area (Å²) in [5.74, 6) is -1.17. The Hall–Kier alpha value is -1.27. The van der Waals surface area contributed by atoms with E-state index < -0.39 is 11.6 Å². The number of hydrogen-bond acceptors (Lipinski definition) is 3. The number of thiocarbonyl (C=S) groups is 1. The lowest BCUT2D eigenvalue weighted by Crippen LogP contribution is -2.50. The molecular formula is C14H17F2N3S. The molecule has 1 unspecified atom stereocenters. The molecule has 2 N–H and O–H groups in total. The van der Waals surface area contributed by atoms with Gasteiger partial charge in [-0.2, -0.15) is 0 Å². The summed E-state index contributed by atoms with van der Waals surface area (Å²) in [4.78, 5) is 4.21. The molecule has 2 fully saturated rings. The molecule has 0 bridgehead atoms. The van der Waals surface area contributed by atoms with Crippen molar-refractivity contribution in [3.8, 4) is 0 Å². The first-order chi connectivity index (χ1) is 9.56. The zero-order valence-electron chi connectivity index (χ0n) is 11.1. The van der Waals surface area contributed by atoms with Gasteiger partial charge in [0.2, 0.25) is 0 Å². The van der Waals surface area contributed by atoms with Gasteiger partial charge in [-0.25, -0.2) is 8.78 Å². The average molecular weight is 297 g/mol. The maximum atomic E-state index is 14.2. The number of nitrogens with zero attached hydrogens (tertiary/aromatic N) is 2. The van der Waals surface area contributed by atoms with Gasteiger partial charge in [-0.15, -0.1) is 0 Å². The first-order valence-electron chi connectivity index (χ1n) is 6.84. The largest absolute Gasteiger partial charge is 0.389 e. The SMILES string of the molecule is NC(=S)c1cc(F)c(N2CCN3CCCC3C2)c(F)c1. The number of fused-ring (bicyclic) bond motifs is 1. The van der Waals surface area contributed by atoms with E-state index in [4.69, 9.17) is 18.0 Å². The van der Waals surface area contributed by atoms with Crippen molar-refractivity contribution < 1.29 is 8.78 Å². The topological polar surface area (TPSA) is 32.5 Å². The summed E-state index contributed by atoms with van der Waals surface area (Å²) in [7, 11) is 0. The molecule has 20 heavy (non-hydrogen) atoms. The highest BCUT2D eigenvalue weighted by molar-refractivity contribution is 7.80. The molecule has 1 atom stereocenters. The molecular weight excluding hydrogens is 280 g/mol. The summed E-state index contributed by atoms with van der Waals surface area (Å²) in [6, 6.07) is 2.86. The third-order valence-corrected chi connectivity index (χ3v) is 4.44. The maximum absolute atomic E-state index is 14.2. The second-order valence-corrected chi connectivity index (χ2v) is 5.87. The van der Waals surface area contributed by atoms with Crippen LogP contribution in [0.3, 0.4) is 0 Å². The molecule has 1 aromatic rings. The molecule has 0 aliphatic carbocycles. The Morgan fingerprint density at radius 2 is 1.90 bits per heavy atom. The van der Waals surface area contributed by atoms with Crippen molar-refractivity contribution in [2.24, 2.45) is 5.73 Å². The minimum Gasteiger partial charge on any atom is -0.389 e. The molecule has 2 aliphatic heterocycles. The summed E-state index contributed by atoms with van der Waals surface area (Å²) in [6.07, 6.45) is 2.27. The quantitative estimate of drug-likeness (QED) is 0.845. The predicted molar refractivity (Wildman–Crippen MR) is 79.1 cm³/mol. The molecule has 0 amide bonds. The van der Waals surface area contributed by atoms with Crippen molar-refractivity contribution in [1.29, 1.82) is 0 Å². The third-order valence-electron chi connectivity index (χ3n) is 4.20. The number of nitrogens with two attached hydrogens (primary N) is 1. The second kappa shape index (κ2) is 5.26. The van der Waals surface area contributed by atoms with Gasteiger partial charge in [-0.1, -0.05) is 12.2 Å². The van der Waals surface area contributed by atoms with Crippen molar-refractivity contribution in [3.05, 3.63) is 29.3 Å². The molecule has 6 heteroatoms. The number of anilines is 1. The van der Waals surface area contributed by atoms with Crippen LogP contribution >= 0.6 is 12.2 Å². The minimum atomic E-state index is -0.584. The van der Waals surface area contributed by atoms with Crippen LogP contribution in [0, 0.1) is 11.6 Å². The number of benzene rings is 1. The van der Waals surface area contributed by atoms with Crippen molar-refractivity contribution in [1.82, 2.24) is 4.90 Å². The average Bonchev–Trinajstić information content (AvgIpc) is 2.85. The number of piperazine rings is 1. The van der Waals surface area contributed by atoms with E-state index in [1.807, 2.05) is 0 Å². The van der Waals surface area contributed by atoms with Crippen molar-refractivity contribution in [2.75, 3.05) is 31.1 Å². The molecule has 3 nitrogen and oxygen atoms in total. The number of rotatable bonds is 2. The molecule has 1 aromatic carbocycles. The minimum absolute atomic E-state index is 0.00922. The van der Waals surface area contributed by atoms with E-state index in [-0.39, 0.29) is 16.2 Å². The first kappa shape index (κ1) is 13.7. The fourth-order valence-corrected chi connectivity index (χ4v) is 3.32. The van der Waals surface area contributed by atoms with Crippen molar-refractivity contribution in [2.45, 2.75) is 18.9 Å². The van der Waals surface area contributed by atoms with Crippen LogP contribution in [-0.2, 0) is 0 Å². The summed E-state index contributed by atoms with van der Waals surface area (Å²) < 4.78 is 28.4. The Balaban J connectivity index is 1.88. The highest BCUT2D eigenvalue weighted by Gasteiger charge is 2.32. The van der Waals surface area contributed by atoms with Gasteiger partial charge in [0, 0.05) is 31.2 Å². The highest BCUT2D eigenvalue weighted by atomic mass is 32.1. The van der Waals surface area contributed by atoms with E-state index in [0.717, 1.165) is 19.5 Å². The Kier molecular flexibility index (Phi) is 3.60. The fourth-order valence-electron chi connectivity index (χ4n) is 3.20. The van der Waals surface area contributed by atoms with E-state index in [0.29, 0.717) is 19.1 Å². The first-order valence-corrected chi connectivity index (χ1v) is 7.25. The molecule has 0 saturated carbocycles. The lowest BCUT2D eigenvalue weighted by atomic mass is 10.1. The van der Waals surface area contributed by atoms with Crippen LogP contribution in [0.4, 0.5) is 14.5 Å². The highest BCUT2D eigenvalue weighted by Crippen LogP contribution is 2.30. The normalized spacial score (nSPS) is 22.9. The molecule has 2 aliphatic rings. The van der Waals surface area contributed by atoms with Crippen LogP contribution in [0.1, 0.15) is 18.4 Å². The lowest BCUT2D eigenvalue weighted by molar-refractivity contribution is 0.229. The second-order valence-electron chi connectivity index (χ2n) is 5.43. The summed E-state index contributed by atoms with van der Waals surface area (Å²) in [5.41, 5.74) is 5.71. The van der Waals surface area contributed by atoms with Crippen LogP contribution in [0.25, 0.3) is 0 Å². The molecule has 0 aromatic heterocycles. The summed E-state index contributed by atoms with van der Waals surface area (Å²) >= 11 is 4.77. The molecule has 108 valence electrons. The van der Waals surface area contributed by atoms with Crippen LogP contribution in [0.15, 0.2) is 12.1 Å². The molecule has 2 saturated heterocycles. The monoisotopic (exact) mass is 297 g/mol. The van der Waals surface area contributed by atoms with Crippen molar-refractivity contribution >= 4 is 22.9 Å². The Morgan fingerprint density at radius 1 is 1.20 bits per heavy atom. The number of halogens is 2. The van der Waals surface area contributed by atoms with Crippen LogP contribution in [0.5, 0.6) is 0 Å². The van der Waals surface area contributed by atoms with Gasteiger partial charge in [0.25, 0.3) is 0 Å². The Labute approximate surface area is 122 Å². The van der Waals surface area contributed by atoms with Gasteiger partial charge in [0.05, 0.1) is 0 Å². The van der Waals surface area contributed by atoms with Gasteiger partial charge >= 0.3 is 0 Å². The van der Waals surface area contributed by atoms with Gasteiger partial charge in [0.1, 0.15) is 22.3 Å². The standard InChI is InChI=1S/C14H17F2N3S/c15-11-6-9(14(17)20)7-12(16)13(11)19-5-4-18-3-1-2-10(18)8-19/h6-7,10H,1-5,8H2,(H2,17,20). The van der Waals surface area contributed by atoms with Gasteiger partial charge in [0.15, 0.2) is 0 Å². The molecule has 3 rings (SSSR count). The smallest absolute Gasteiger partial charge is 0.150 e. The van der Waals surface area contributed by atoms with Crippen LogP contribution < -0.4 is 10.6 Å². The fraction of sp³-hybridized carbons (Fsp3) is 0.500. The van der Waals surface area contributed by atoms with Crippen molar-refractivity contribution in [3.63, 3.8) is 0 Å². The lowest BCUT2D eigenvalue weighted by Gasteiger charge is -2.39. The maximum Gasteiger partial charge on any atom is 0.150 e. The number of hydrogen-bond donors (Lipinski definition) is 1. The van der Waals surface area contributed by atoms with Gasteiger partial charge < -0.3 is 10.6 Å². The van der Waals surface area contributed by atoms with E-state index in [9.17, 15) is 8.78 Å². The predicted octanol–water partition coefficient (Wildman–Crippen LogP) is 1.88. The zero-order valence-corrected chi connectivity index (χ0v) is 11.9. The Morgan fingerprint density at radius 3 is 2.55 bits per heavy atom. The van der Waals surface area contributed by atoms with E-state index >= 15 is 0 Å². The molecule has 0 spiro atoms. The summed E-state index contributed by atoms with van der Waals surface area (Å²) in [5, 5.41) is 0. The molecule has 0 radical (unpaired) electrons. The van der Waals surface area contributed by atoms with Gasteiger partial charge in [-0.3, -0.25) is 4.90 Å². The third kappa shape index (κ3) is 2.38. The van der Waals surface area contributed by atoms with E-state index in [1.54, 1.807) is 4.90 Å². The van der Waals surface area contributed by atoms with Crippen LogP contribution in [0.2, 0.25) is 0 Å². The Bertz CT molecular complexity index is 526. The van der Waals surface area contributed by atoms with E-state index in [2.05, 4.69) is 4.90 Å². The van der Waals surface area contributed by atoms with Crippen LogP contribution in [-0.4, -0.2) is 42.1 Å². The van der Waals surface area contributed by atoms with E-state index in [1.165, 1.54) is 18.6 Å². The molecule has 2 heterocycles.